The fourth-order valence-corrected chi connectivity index (χ4v) is 2.72. The highest BCUT2D eigenvalue weighted by Crippen LogP contribution is 2.26. The normalized spacial score (nSPS) is 18.9. The minimum Gasteiger partial charge on any atom is -0.435 e. The summed E-state index contributed by atoms with van der Waals surface area (Å²) in [5.41, 5.74) is 2.04. The van der Waals surface area contributed by atoms with Gasteiger partial charge in [-0.1, -0.05) is 0 Å². The lowest BCUT2D eigenvalue weighted by molar-refractivity contribution is -0.0498. The van der Waals surface area contributed by atoms with Gasteiger partial charge in [0.05, 0.1) is 6.33 Å². The highest BCUT2D eigenvalue weighted by molar-refractivity contribution is 5.39. The Morgan fingerprint density at radius 2 is 2.10 bits per heavy atom. The number of nitrogens with one attached hydrogen (secondary N) is 1. The molecule has 0 aliphatic carbocycles. The van der Waals surface area contributed by atoms with E-state index in [9.17, 15) is 8.78 Å². The lowest BCUT2D eigenvalue weighted by atomic mass is 9.96. The molecule has 0 bridgehead atoms. The van der Waals surface area contributed by atoms with Crippen molar-refractivity contribution < 1.29 is 13.5 Å². The fourth-order valence-electron chi connectivity index (χ4n) is 2.72. The molecule has 1 unspecified atom stereocenters. The van der Waals surface area contributed by atoms with Crippen LogP contribution in [0.4, 0.5) is 8.78 Å². The maximum absolute atomic E-state index is 12.2. The molecule has 0 spiro atoms. The molecule has 2 heterocycles. The predicted molar refractivity (Wildman–Crippen MR) is 75.0 cm³/mol. The molecule has 1 atom stereocenters. The largest absolute Gasteiger partial charge is 0.435 e. The van der Waals surface area contributed by atoms with Gasteiger partial charge in [-0.3, -0.25) is 0 Å². The Morgan fingerprint density at radius 1 is 1.29 bits per heavy atom. The first-order valence-electron chi connectivity index (χ1n) is 7.02. The zero-order valence-electron chi connectivity index (χ0n) is 11.5. The van der Waals surface area contributed by atoms with E-state index in [1.165, 1.54) is 0 Å². The van der Waals surface area contributed by atoms with Gasteiger partial charge in [0.1, 0.15) is 5.75 Å². The number of piperidine rings is 1. The van der Waals surface area contributed by atoms with Crippen molar-refractivity contribution in [1.82, 2.24) is 14.9 Å². The van der Waals surface area contributed by atoms with Gasteiger partial charge >= 0.3 is 6.61 Å². The molecule has 4 nitrogen and oxygen atoms in total. The van der Waals surface area contributed by atoms with E-state index in [1.807, 2.05) is 10.8 Å². The van der Waals surface area contributed by atoms with Crippen LogP contribution in [0.1, 0.15) is 24.5 Å². The highest BCUT2D eigenvalue weighted by Gasteiger charge is 2.19. The van der Waals surface area contributed by atoms with Gasteiger partial charge in [0, 0.05) is 30.0 Å². The van der Waals surface area contributed by atoms with E-state index in [2.05, 4.69) is 15.0 Å². The van der Waals surface area contributed by atoms with E-state index in [1.54, 1.807) is 30.6 Å². The van der Waals surface area contributed by atoms with Crippen LogP contribution in [0, 0.1) is 0 Å². The number of hydrogen-bond acceptors (Lipinski definition) is 3. The van der Waals surface area contributed by atoms with Crippen LogP contribution in [-0.4, -0.2) is 29.3 Å². The van der Waals surface area contributed by atoms with E-state index in [-0.39, 0.29) is 5.75 Å². The molecule has 0 saturated carbocycles. The van der Waals surface area contributed by atoms with Crippen LogP contribution in [-0.2, 0) is 0 Å². The minimum atomic E-state index is -2.80. The topological polar surface area (TPSA) is 39.1 Å². The second kappa shape index (κ2) is 6.22. The lowest BCUT2D eigenvalue weighted by Gasteiger charge is -2.23. The summed E-state index contributed by atoms with van der Waals surface area (Å²) in [5, 5.41) is 3.39. The second-order valence-electron chi connectivity index (χ2n) is 5.10. The first kappa shape index (κ1) is 14.0. The smallest absolute Gasteiger partial charge is 0.387 e. The van der Waals surface area contributed by atoms with Gasteiger partial charge in [-0.2, -0.15) is 8.78 Å². The van der Waals surface area contributed by atoms with Crippen molar-refractivity contribution in [1.29, 1.82) is 0 Å². The summed E-state index contributed by atoms with van der Waals surface area (Å²) in [6.07, 6.45) is 5.91. The Kier molecular flexibility index (Phi) is 4.15. The van der Waals surface area contributed by atoms with Gasteiger partial charge in [0.15, 0.2) is 0 Å². The molecule has 0 amide bonds. The quantitative estimate of drug-likeness (QED) is 0.942. The van der Waals surface area contributed by atoms with Gasteiger partial charge in [-0.25, -0.2) is 4.98 Å². The van der Waals surface area contributed by atoms with Crippen molar-refractivity contribution in [2.75, 3.05) is 13.1 Å². The third kappa shape index (κ3) is 3.21. The van der Waals surface area contributed by atoms with Crippen LogP contribution in [0.3, 0.4) is 0 Å². The molecule has 3 rings (SSSR count). The fraction of sp³-hybridized carbons (Fsp3) is 0.400. The summed E-state index contributed by atoms with van der Waals surface area (Å²) >= 11 is 0. The Labute approximate surface area is 121 Å². The van der Waals surface area contributed by atoms with Crippen LogP contribution in [0.25, 0.3) is 5.69 Å². The van der Waals surface area contributed by atoms with Crippen molar-refractivity contribution in [2.24, 2.45) is 0 Å². The SMILES string of the molecule is FC(F)Oc1ccc(-n2cncc2C2CCCNC2)cc1. The van der Waals surface area contributed by atoms with E-state index >= 15 is 0 Å². The average molecular weight is 293 g/mol. The number of alkyl halides is 2. The Hall–Kier alpha value is -1.95. The molecule has 1 aliphatic heterocycles. The van der Waals surface area contributed by atoms with Gasteiger partial charge < -0.3 is 14.6 Å². The number of rotatable bonds is 4. The molecule has 1 aromatic carbocycles. The summed E-state index contributed by atoms with van der Waals surface area (Å²) in [7, 11) is 0. The number of aromatic nitrogens is 2. The Bertz CT molecular complexity index is 577. The number of nitrogens with zero attached hydrogens (tertiary/aromatic N) is 2. The zero-order valence-corrected chi connectivity index (χ0v) is 11.5. The van der Waals surface area contributed by atoms with Crippen molar-refractivity contribution in [3.05, 3.63) is 42.5 Å². The molecule has 1 N–H and O–H groups in total. The predicted octanol–water partition coefficient (Wildman–Crippen LogP) is 2.94. The summed E-state index contributed by atoms with van der Waals surface area (Å²) in [4.78, 5) is 4.23. The molecule has 21 heavy (non-hydrogen) atoms. The molecule has 6 heteroatoms. The van der Waals surface area contributed by atoms with Gasteiger partial charge in [-0.15, -0.1) is 0 Å². The molecule has 2 aromatic rings. The lowest BCUT2D eigenvalue weighted by Crippen LogP contribution is -2.29. The molecule has 112 valence electrons. The first-order valence-corrected chi connectivity index (χ1v) is 7.02. The summed E-state index contributed by atoms with van der Waals surface area (Å²) in [6, 6.07) is 6.62. The van der Waals surface area contributed by atoms with Gasteiger partial charge in [0.25, 0.3) is 0 Å². The monoisotopic (exact) mass is 293 g/mol. The molecule has 1 aromatic heterocycles. The number of halogens is 2. The number of ether oxygens (including phenoxy) is 1. The first-order chi connectivity index (χ1) is 10.2. The molecule has 1 saturated heterocycles. The van der Waals surface area contributed by atoms with Crippen LogP contribution >= 0.6 is 0 Å². The number of imidazole rings is 1. The molecular weight excluding hydrogens is 276 g/mol. The van der Waals surface area contributed by atoms with E-state index in [0.29, 0.717) is 5.92 Å². The third-order valence-corrected chi connectivity index (χ3v) is 3.72. The van der Waals surface area contributed by atoms with E-state index in [0.717, 1.165) is 37.3 Å². The van der Waals surface area contributed by atoms with Crippen molar-refractivity contribution >= 4 is 0 Å². The molecule has 1 fully saturated rings. The molecule has 1 aliphatic rings. The van der Waals surface area contributed by atoms with E-state index < -0.39 is 6.61 Å². The Morgan fingerprint density at radius 3 is 2.76 bits per heavy atom. The van der Waals surface area contributed by atoms with Crippen molar-refractivity contribution in [3.8, 4) is 11.4 Å². The van der Waals surface area contributed by atoms with Crippen molar-refractivity contribution in [3.63, 3.8) is 0 Å². The second-order valence-corrected chi connectivity index (χ2v) is 5.10. The Balaban J connectivity index is 1.82. The van der Waals surface area contributed by atoms with Crippen LogP contribution in [0.5, 0.6) is 5.75 Å². The van der Waals surface area contributed by atoms with Crippen molar-refractivity contribution in [2.45, 2.75) is 25.4 Å². The standard InChI is InChI=1S/C15H17F2N3O/c16-15(17)21-13-5-3-12(4-6-13)20-10-19-9-14(20)11-2-1-7-18-8-11/h3-6,9-11,15,18H,1-2,7-8H2. The highest BCUT2D eigenvalue weighted by atomic mass is 19.3. The zero-order chi connectivity index (χ0) is 14.7. The van der Waals surface area contributed by atoms with Crippen LogP contribution in [0.15, 0.2) is 36.8 Å². The minimum absolute atomic E-state index is 0.162. The number of benzene rings is 1. The molecular formula is C15H17F2N3O. The maximum Gasteiger partial charge on any atom is 0.387 e. The van der Waals surface area contributed by atoms with Gasteiger partial charge in [-0.05, 0) is 43.7 Å². The third-order valence-electron chi connectivity index (χ3n) is 3.72. The molecule has 0 radical (unpaired) electrons. The summed E-state index contributed by atoms with van der Waals surface area (Å²) in [6.45, 7) is -0.796. The average Bonchev–Trinajstić information content (AvgIpc) is 2.98. The summed E-state index contributed by atoms with van der Waals surface area (Å²) < 4.78 is 30.7. The number of hydrogen-bond donors (Lipinski definition) is 1. The van der Waals surface area contributed by atoms with E-state index in [4.69, 9.17) is 0 Å². The maximum atomic E-state index is 12.2. The summed E-state index contributed by atoms with van der Waals surface area (Å²) in [5.74, 6) is 0.591. The van der Waals surface area contributed by atoms with Crippen LogP contribution < -0.4 is 10.1 Å². The van der Waals surface area contributed by atoms with Crippen LogP contribution in [0.2, 0.25) is 0 Å². The van der Waals surface area contributed by atoms with Gasteiger partial charge in [0.2, 0.25) is 0 Å².